The second-order valence-corrected chi connectivity index (χ2v) is 5.38. The van der Waals surface area contributed by atoms with Gasteiger partial charge in [-0.1, -0.05) is 23.8 Å². The van der Waals surface area contributed by atoms with Crippen LogP contribution in [0.3, 0.4) is 0 Å². The van der Waals surface area contributed by atoms with Gasteiger partial charge in [-0.15, -0.1) is 0 Å². The van der Waals surface area contributed by atoms with Gasteiger partial charge < -0.3 is 9.84 Å². The molecule has 0 aliphatic carbocycles. The topological polar surface area (TPSA) is 42.4 Å². The lowest BCUT2D eigenvalue weighted by atomic mass is 9.97. The lowest BCUT2D eigenvalue weighted by Gasteiger charge is -2.16. The maximum absolute atomic E-state index is 10.6. The summed E-state index contributed by atoms with van der Waals surface area (Å²) < 4.78 is 5.62. The Morgan fingerprint density at radius 1 is 1.10 bits per heavy atom. The minimum Gasteiger partial charge on any atom is -0.489 e. The van der Waals surface area contributed by atoms with Crippen LogP contribution in [0.4, 0.5) is 0 Å². The van der Waals surface area contributed by atoms with E-state index >= 15 is 0 Å². The van der Waals surface area contributed by atoms with Gasteiger partial charge in [0.1, 0.15) is 11.9 Å². The van der Waals surface area contributed by atoms with E-state index in [1.807, 2.05) is 52.0 Å². The van der Waals surface area contributed by atoms with E-state index in [-0.39, 0.29) is 6.10 Å². The van der Waals surface area contributed by atoms with Crippen molar-refractivity contribution in [1.29, 1.82) is 0 Å². The highest BCUT2D eigenvalue weighted by molar-refractivity contribution is 5.38. The highest BCUT2D eigenvalue weighted by atomic mass is 16.5. The third kappa shape index (κ3) is 3.36. The molecule has 3 heteroatoms. The standard InChI is InChI=1S/C17H21NO2/c1-11(2)20-15-8-14(9-18-10-15)17(19)16-7-12(3)5-6-13(16)4/h5-11,17,19H,1-4H3. The van der Waals surface area contributed by atoms with Crippen LogP contribution in [0.25, 0.3) is 0 Å². The first-order valence-corrected chi connectivity index (χ1v) is 6.84. The SMILES string of the molecule is Cc1ccc(C)c(C(O)c2cncc(OC(C)C)c2)c1. The smallest absolute Gasteiger partial charge is 0.138 e. The molecular formula is C17H21NO2. The first-order valence-electron chi connectivity index (χ1n) is 6.84. The number of aryl methyl sites for hydroxylation is 2. The molecule has 0 fully saturated rings. The van der Waals surface area contributed by atoms with Gasteiger partial charge in [-0.2, -0.15) is 0 Å². The summed E-state index contributed by atoms with van der Waals surface area (Å²) in [6.45, 7) is 7.95. The molecule has 1 aromatic heterocycles. The zero-order valence-electron chi connectivity index (χ0n) is 12.4. The Bertz CT molecular complexity index is 593. The molecule has 0 spiro atoms. The fourth-order valence-electron chi connectivity index (χ4n) is 2.16. The molecule has 0 aliphatic heterocycles. The maximum Gasteiger partial charge on any atom is 0.138 e. The van der Waals surface area contributed by atoms with Gasteiger partial charge in [0.2, 0.25) is 0 Å². The monoisotopic (exact) mass is 271 g/mol. The molecule has 0 aliphatic rings. The van der Waals surface area contributed by atoms with Crippen molar-refractivity contribution in [3.63, 3.8) is 0 Å². The van der Waals surface area contributed by atoms with Crippen LogP contribution in [0.1, 0.15) is 42.2 Å². The third-order valence-electron chi connectivity index (χ3n) is 3.15. The van der Waals surface area contributed by atoms with E-state index in [1.165, 1.54) is 0 Å². The molecule has 1 atom stereocenters. The molecular weight excluding hydrogens is 250 g/mol. The molecule has 0 saturated carbocycles. The van der Waals surface area contributed by atoms with Crippen molar-refractivity contribution >= 4 is 0 Å². The average molecular weight is 271 g/mol. The summed E-state index contributed by atoms with van der Waals surface area (Å²) in [6, 6.07) is 7.92. The zero-order chi connectivity index (χ0) is 14.7. The van der Waals surface area contributed by atoms with E-state index < -0.39 is 6.10 Å². The number of aliphatic hydroxyl groups is 1. The van der Waals surface area contributed by atoms with E-state index in [0.717, 1.165) is 22.3 Å². The van der Waals surface area contributed by atoms with Crippen LogP contribution in [-0.2, 0) is 0 Å². The predicted octanol–water partition coefficient (Wildman–Crippen LogP) is 3.57. The average Bonchev–Trinajstić information content (AvgIpc) is 2.40. The fourth-order valence-corrected chi connectivity index (χ4v) is 2.16. The number of hydrogen-bond acceptors (Lipinski definition) is 3. The van der Waals surface area contributed by atoms with Crippen molar-refractivity contribution in [1.82, 2.24) is 4.98 Å². The molecule has 1 aromatic carbocycles. The summed E-state index contributed by atoms with van der Waals surface area (Å²) in [6.07, 6.45) is 2.75. The molecule has 3 nitrogen and oxygen atoms in total. The van der Waals surface area contributed by atoms with E-state index in [1.54, 1.807) is 12.4 Å². The van der Waals surface area contributed by atoms with E-state index in [0.29, 0.717) is 5.75 Å². The van der Waals surface area contributed by atoms with Gasteiger partial charge in [-0.05, 0) is 44.9 Å². The van der Waals surface area contributed by atoms with Crippen molar-refractivity contribution in [2.24, 2.45) is 0 Å². The summed E-state index contributed by atoms with van der Waals surface area (Å²) >= 11 is 0. The molecule has 1 heterocycles. The van der Waals surface area contributed by atoms with E-state index in [2.05, 4.69) is 4.98 Å². The minimum atomic E-state index is -0.682. The second-order valence-electron chi connectivity index (χ2n) is 5.38. The molecule has 0 amide bonds. The summed E-state index contributed by atoms with van der Waals surface area (Å²) in [7, 11) is 0. The number of hydrogen-bond donors (Lipinski definition) is 1. The summed E-state index contributed by atoms with van der Waals surface area (Å²) in [5.41, 5.74) is 3.86. The summed E-state index contributed by atoms with van der Waals surface area (Å²) in [5, 5.41) is 10.6. The minimum absolute atomic E-state index is 0.0879. The van der Waals surface area contributed by atoms with Gasteiger partial charge >= 0.3 is 0 Å². The van der Waals surface area contributed by atoms with Gasteiger partial charge in [-0.25, -0.2) is 0 Å². The van der Waals surface area contributed by atoms with Crippen LogP contribution in [0.5, 0.6) is 5.75 Å². The van der Waals surface area contributed by atoms with Crippen LogP contribution >= 0.6 is 0 Å². The fraction of sp³-hybridized carbons (Fsp3) is 0.353. The van der Waals surface area contributed by atoms with E-state index in [9.17, 15) is 5.11 Å². The Kier molecular flexibility index (Phi) is 4.40. The van der Waals surface area contributed by atoms with Crippen molar-refractivity contribution in [2.45, 2.75) is 39.9 Å². The maximum atomic E-state index is 10.6. The van der Waals surface area contributed by atoms with Gasteiger partial charge in [0.25, 0.3) is 0 Å². The first-order chi connectivity index (χ1) is 9.47. The number of aliphatic hydroxyl groups excluding tert-OH is 1. The van der Waals surface area contributed by atoms with Crippen LogP contribution < -0.4 is 4.74 Å². The number of rotatable bonds is 4. The number of pyridine rings is 1. The molecule has 20 heavy (non-hydrogen) atoms. The molecule has 106 valence electrons. The van der Waals surface area contributed by atoms with Crippen LogP contribution in [-0.4, -0.2) is 16.2 Å². The molecule has 2 aromatic rings. The number of nitrogens with zero attached hydrogens (tertiary/aromatic N) is 1. The Hall–Kier alpha value is -1.87. The van der Waals surface area contributed by atoms with Crippen molar-refractivity contribution in [3.8, 4) is 5.75 Å². The van der Waals surface area contributed by atoms with Gasteiger partial charge in [0.05, 0.1) is 12.3 Å². The van der Waals surface area contributed by atoms with Crippen LogP contribution in [0, 0.1) is 13.8 Å². The van der Waals surface area contributed by atoms with Gasteiger partial charge in [0, 0.05) is 11.8 Å². The lowest BCUT2D eigenvalue weighted by Crippen LogP contribution is -2.08. The Morgan fingerprint density at radius 2 is 1.85 bits per heavy atom. The molecule has 0 bridgehead atoms. The molecule has 1 unspecified atom stereocenters. The Balaban J connectivity index is 2.33. The Labute approximate surface area is 120 Å². The summed E-state index contributed by atoms with van der Waals surface area (Å²) in [4.78, 5) is 4.15. The van der Waals surface area contributed by atoms with Crippen molar-refractivity contribution in [2.75, 3.05) is 0 Å². The zero-order valence-corrected chi connectivity index (χ0v) is 12.4. The van der Waals surface area contributed by atoms with Crippen molar-refractivity contribution in [3.05, 3.63) is 58.9 Å². The second kappa shape index (κ2) is 6.06. The largest absolute Gasteiger partial charge is 0.489 e. The van der Waals surface area contributed by atoms with Crippen molar-refractivity contribution < 1.29 is 9.84 Å². The summed E-state index contributed by atoms with van der Waals surface area (Å²) in [5.74, 6) is 0.682. The lowest BCUT2D eigenvalue weighted by molar-refractivity contribution is 0.215. The van der Waals surface area contributed by atoms with Gasteiger partial charge in [-0.3, -0.25) is 4.98 Å². The normalized spacial score (nSPS) is 12.5. The number of aromatic nitrogens is 1. The third-order valence-corrected chi connectivity index (χ3v) is 3.15. The highest BCUT2D eigenvalue weighted by Gasteiger charge is 2.14. The number of benzene rings is 1. The molecule has 1 N–H and O–H groups in total. The molecule has 0 radical (unpaired) electrons. The number of ether oxygens (including phenoxy) is 1. The van der Waals surface area contributed by atoms with Gasteiger partial charge in [0.15, 0.2) is 0 Å². The predicted molar refractivity (Wildman–Crippen MR) is 80.0 cm³/mol. The van der Waals surface area contributed by atoms with Crippen LogP contribution in [0.2, 0.25) is 0 Å². The highest BCUT2D eigenvalue weighted by Crippen LogP contribution is 2.27. The first kappa shape index (κ1) is 14.5. The van der Waals surface area contributed by atoms with E-state index in [4.69, 9.17) is 4.74 Å². The molecule has 0 saturated heterocycles. The molecule has 2 rings (SSSR count). The quantitative estimate of drug-likeness (QED) is 0.924. The van der Waals surface area contributed by atoms with Crippen LogP contribution in [0.15, 0.2) is 36.7 Å². The Morgan fingerprint density at radius 3 is 2.55 bits per heavy atom.